The van der Waals surface area contributed by atoms with Crippen LogP contribution in [-0.2, 0) is 0 Å². The van der Waals surface area contributed by atoms with Crippen molar-refractivity contribution in [3.05, 3.63) is 95.1 Å². The summed E-state index contributed by atoms with van der Waals surface area (Å²) in [6, 6.07) is 22.4. The van der Waals surface area contributed by atoms with Gasteiger partial charge in [0.1, 0.15) is 0 Å². The third-order valence-electron chi connectivity index (χ3n) is 9.66. The molecule has 6 rings (SSSR count). The molecule has 0 aromatic heterocycles. The van der Waals surface area contributed by atoms with E-state index >= 15 is 0 Å². The summed E-state index contributed by atoms with van der Waals surface area (Å²) in [4.78, 5) is 61.0. The molecule has 2 aliphatic heterocycles. The molecule has 0 saturated heterocycles. The minimum absolute atomic E-state index is 0.236. The number of likely N-dealkylation sites (N-methyl/N-ethyl adjacent to an activating group) is 2. The van der Waals surface area contributed by atoms with Gasteiger partial charge in [0.2, 0.25) is 0 Å². The van der Waals surface area contributed by atoms with Crippen LogP contribution in [-0.4, -0.2) is 95.6 Å². The fourth-order valence-electron chi connectivity index (χ4n) is 7.01. The van der Waals surface area contributed by atoms with Gasteiger partial charge in [-0.1, -0.05) is 61.9 Å². The van der Waals surface area contributed by atoms with Gasteiger partial charge in [-0.25, -0.2) is 0 Å². The van der Waals surface area contributed by atoms with Crippen molar-refractivity contribution in [1.82, 2.24) is 19.6 Å². The lowest BCUT2D eigenvalue weighted by atomic mass is 9.89. The number of nitrogens with zero attached hydrogens (tertiary/aromatic N) is 4. The summed E-state index contributed by atoms with van der Waals surface area (Å²) >= 11 is 0. The van der Waals surface area contributed by atoms with Crippen molar-refractivity contribution in [2.45, 2.75) is 38.6 Å². The zero-order valence-electron chi connectivity index (χ0n) is 26.5. The molecule has 4 amide bonds. The summed E-state index contributed by atoms with van der Waals surface area (Å²) in [5.74, 6) is -0.956. The van der Waals surface area contributed by atoms with E-state index in [1.54, 1.807) is 12.1 Å². The first kappa shape index (κ1) is 30.6. The quantitative estimate of drug-likeness (QED) is 0.193. The fraction of sp³-hybridized carbons (Fsp3) is 0.351. The molecular formula is C37H40N4O4. The number of hydrogen-bond donors (Lipinski definition) is 0. The summed E-state index contributed by atoms with van der Waals surface area (Å²) < 4.78 is 0. The zero-order chi connectivity index (χ0) is 31.9. The molecule has 45 heavy (non-hydrogen) atoms. The Kier molecular flexibility index (Phi) is 8.29. The van der Waals surface area contributed by atoms with E-state index in [4.69, 9.17) is 0 Å². The molecule has 232 valence electrons. The van der Waals surface area contributed by atoms with E-state index in [9.17, 15) is 19.2 Å². The zero-order valence-corrected chi connectivity index (χ0v) is 26.5. The van der Waals surface area contributed by atoms with E-state index in [0.29, 0.717) is 41.9 Å². The Morgan fingerprint density at radius 2 is 1.07 bits per heavy atom. The van der Waals surface area contributed by atoms with E-state index in [0.717, 1.165) is 53.9 Å². The molecule has 8 nitrogen and oxygen atoms in total. The lowest BCUT2D eigenvalue weighted by Crippen LogP contribution is -2.56. The highest BCUT2D eigenvalue weighted by molar-refractivity contribution is 6.26. The average molecular weight is 605 g/mol. The van der Waals surface area contributed by atoms with Crippen LogP contribution >= 0.6 is 0 Å². The third kappa shape index (κ3) is 5.42. The fourth-order valence-corrected chi connectivity index (χ4v) is 7.01. The molecule has 0 aliphatic carbocycles. The third-order valence-corrected chi connectivity index (χ3v) is 9.66. The maximum absolute atomic E-state index is 13.6. The molecule has 4 aromatic carbocycles. The minimum atomic E-state index is -0.403. The molecule has 0 bridgehead atoms. The van der Waals surface area contributed by atoms with E-state index < -0.39 is 5.54 Å². The van der Waals surface area contributed by atoms with Gasteiger partial charge in [-0.15, -0.1) is 0 Å². The van der Waals surface area contributed by atoms with Crippen molar-refractivity contribution in [2.75, 3.05) is 46.8 Å². The van der Waals surface area contributed by atoms with Crippen LogP contribution < -0.4 is 0 Å². The van der Waals surface area contributed by atoms with Crippen LogP contribution in [0, 0.1) is 0 Å². The molecule has 4 aromatic rings. The van der Waals surface area contributed by atoms with Gasteiger partial charge in [0.05, 0.1) is 0 Å². The highest BCUT2D eigenvalue weighted by Crippen LogP contribution is 2.33. The van der Waals surface area contributed by atoms with Crippen LogP contribution in [0.1, 0.15) is 74.5 Å². The van der Waals surface area contributed by atoms with E-state index in [2.05, 4.69) is 30.7 Å². The Morgan fingerprint density at radius 3 is 1.51 bits per heavy atom. The molecule has 0 radical (unpaired) electrons. The van der Waals surface area contributed by atoms with Gasteiger partial charge in [-0.3, -0.25) is 33.9 Å². The lowest BCUT2D eigenvalue weighted by molar-refractivity contribution is 0.0414. The summed E-state index contributed by atoms with van der Waals surface area (Å²) in [5, 5.41) is 3.29. The second kappa shape index (κ2) is 12.2. The number of rotatable bonds is 12. The topological polar surface area (TPSA) is 81.2 Å². The lowest BCUT2D eigenvalue weighted by Gasteiger charge is -2.43. The van der Waals surface area contributed by atoms with Gasteiger partial charge in [-0.2, -0.15) is 0 Å². The molecule has 8 heteroatoms. The van der Waals surface area contributed by atoms with Gasteiger partial charge in [0.15, 0.2) is 0 Å². The van der Waals surface area contributed by atoms with Crippen LogP contribution in [0.15, 0.2) is 72.8 Å². The average Bonchev–Trinajstić information content (AvgIpc) is 3.04. The molecule has 2 aliphatic rings. The largest absolute Gasteiger partial charge is 0.305 e. The van der Waals surface area contributed by atoms with Crippen LogP contribution in [0.2, 0.25) is 0 Å². The first-order chi connectivity index (χ1) is 21.6. The van der Waals surface area contributed by atoms with Crippen molar-refractivity contribution in [1.29, 1.82) is 0 Å². The molecular weight excluding hydrogens is 564 g/mol. The SMILES string of the molecule is CCCC(C)(CN1C(=O)c2cccc3cccc(c23)C1=O)N(C)CCCN(C)CCN1C(=O)c2cccc3cccc(c23)C1=O. The summed E-state index contributed by atoms with van der Waals surface area (Å²) in [6.07, 6.45) is 2.59. The normalized spacial score (nSPS) is 16.0. The van der Waals surface area contributed by atoms with Crippen LogP contribution in [0.5, 0.6) is 0 Å². The first-order valence-corrected chi connectivity index (χ1v) is 15.8. The number of carbonyl (C=O) groups excluding carboxylic acids is 4. The van der Waals surface area contributed by atoms with Crippen molar-refractivity contribution >= 4 is 45.2 Å². The Morgan fingerprint density at radius 1 is 0.622 bits per heavy atom. The summed E-state index contributed by atoms with van der Waals surface area (Å²) in [7, 11) is 4.06. The second-order valence-electron chi connectivity index (χ2n) is 12.7. The minimum Gasteiger partial charge on any atom is -0.305 e. The van der Waals surface area contributed by atoms with Crippen molar-refractivity contribution in [3.8, 4) is 0 Å². The van der Waals surface area contributed by atoms with E-state index in [1.165, 1.54) is 9.80 Å². The van der Waals surface area contributed by atoms with Crippen molar-refractivity contribution < 1.29 is 19.2 Å². The maximum Gasteiger partial charge on any atom is 0.261 e. The standard InChI is InChI=1S/C37H40N4O4/c1-5-19-37(2,24-41-35(44)29-17-8-13-26-14-9-18-30(32(26)29)36(41)45)39(4)21-10-20-38(3)22-23-40-33(42)27-15-6-11-25-12-7-16-28(31(25)27)34(40)43/h6-9,11-18H,5,10,19-24H2,1-4H3. The monoisotopic (exact) mass is 604 g/mol. The van der Waals surface area contributed by atoms with Crippen LogP contribution in [0.3, 0.4) is 0 Å². The van der Waals surface area contributed by atoms with Crippen LogP contribution in [0.25, 0.3) is 21.5 Å². The molecule has 0 N–H and O–H groups in total. The van der Waals surface area contributed by atoms with Gasteiger partial charge in [-0.05, 0) is 82.0 Å². The summed E-state index contributed by atoms with van der Waals surface area (Å²) in [5.41, 5.74) is 1.91. The number of imide groups is 2. The number of hydrogen-bond acceptors (Lipinski definition) is 6. The summed E-state index contributed by atoms with van der Waals surface area (Å²) in [6.45, 7) is 6.98. The van der Waals surface area contributed by atoms with Gasteiger partial charge in [0.25, 0.3) is 23.6 Å². The van der Waals surface area contributed by atoms with Gasteiger partial charge in [0, 0.05) is 58.2 Å². The Balaban J connectivity index is 1.07. The molecule has 0 spiro atoms. The van der Waals surface area contributed by atoms with Crippen molar-refractivity contribution in [3.63, 3.8) is 0 Å². The van der Waals surface area contributed by atoms with E-state index in [-0.39, 0.29) is 23.6 Å². The number of benzene rings is 4. The molecule has 0 saturated carbocycles. The number of carbonyl (C=O) groups is 4. The molecule has 2 heterocycles. The smallest absolute Gasteiger partial charge is 0.261 e. The van der Waals surface area contributed by atoms with E-state index in [1.807, 2.05) is 67.7 Å². The predicted octanol–water partition coefficient (Wildman–Crippen LogP) is 5.70. The first-order valence-electron chi connectivity index (χ1n) is 15.8. The maximum atomic E-state index is 13.6. The Hall–Kier alpha value is -4.40. The van der Waals surface area contributed by atoms with Gasteiger partial charge < -0.3 is 4.90 Å². The Bertz CT molecular complexity index is 1730. The Labute approximate surface area is 264 Å². The van der Waals surface area contributed by atoms with Crippen LogP contribution in [0.4, 0.5) is 0 Å². The number of amides is 4. The molecule has 1 atom stereocenters. The second-order valence-corrected chi connectivity index (χ2v) is 12.7. The highest BCUT2D eigenvalue weighted by Gasteiger charge is 2.39. The predicted molar refractivity (Wildman–Crippen MR) is 177 cm³/mol. The highest BCUT2D eigenvalue weighted by atomic mass is 16.2. The molecule has 0 fully saturated rings. The molecule has 1 unspecified atom stereocenters. The van der Waals surface area contributed by atoms with Crippen molar-refractivity contribution in [2.24, 2.45) is 0 Å². The van der Waals surface area contributed by atoms with Gasteiger partial charge >= 0.3 is 0 Å².